The van der Waals surface area contributed by atoms with Gasteiger partial charge in [0.2, 0.25) is 0 Å². The van der Waals surface area contributed by atoms with E-state index in [1.165, 1.54) is 0 Å². The first-order chi connectivity index (χ1) is 8.68. The SMILES string of the molecule is CC(C(=O)Cc1ccccc1Br)c1ccccc1. The van der Waals surface area contributed by atoms with Gasteiger partial charge in [-0.25, -0.2) is 0 Å². The number of halogens is 1. The Balaban J connectivity index is 2.12. The first kappa shape index (κ1) is 13.0. The maximum atomic E-state index is 12.2. The van der Waals surface area contributed by atoms with Crippen LogP contribution in [0.5, 0.6) is 0 Å². The van der Waals surface area contributed by atoms with Crippen molar-refractivity contribution in [1.82, 2.24) is 0 Å². The van der Waals surface area contributed by atoms with E-state index in [0.717, 1.165) is 15.6 Å². The van der Waals surface area contributed by atoms with Gasteiger partial charge in [-0.05, 0) is 17.2 Å². The molecule has 0 aliphatic heterocycles. The van der Waals surface area contributed by atoms with E-state index in [9.17, 15) is 4.79 Å². The summed E-state index contributed by atoms with van der Waals surface area (Å²) >= 11 is 3.48. The maximum absolute atomic E-state index is 12.2. The smallest absolute Gasteiger partial charge is 0.144 e. The summed E-state index contributed by atoms with van der Waals surface area (Å²) in [7, 11) is 0. The Bertz CT molecular complexity index is 534. The maximum Gasteiger partial charge on any atom is 0.144 e. The fourth-order valence-corrected chi connectivity index (χ4v) is 2.34. The number of ketones is 1. The second-order valence-corrected chi connectivity index (χ2v) is 5.22. The molecule has 0 saturated carbocycles. The van der Waals surface area contributed by atoms with Crippen molar-refractivity contribution in [3.05, 3.63) is 70.2 Å². The van der Waals surface area contributed by atoms with Crippen molar-refractivity contribution in [2.75, 3.05) is 0 Å². The van der Waals surface area contributed by atoms with Gasteiger partial charge >= 0.3 is 0 Å². The van der Waals surface area contributed by atoms with Crippen LogP contribution in [0.1, 0.15) is 24.0 Å². The monoisotopic (exact) mass is 302 g/mol. The molecule has 2 aromatic rings. The average Bonchev–Trinajstić information content (AvgIpc) is 2.41. The number of benzene rings is 2. The molecule has 0 aromatic heterocycles. The molecule has 1 unspecified atom stereocenters. The van der Waals surface area contributed by atoms with E-state index in [2.05, 4.69) is 15.9 Å². The van der Waals surface area contributed by atoms with Crippen molar-refractivity contribution >= 4 is 21.7 Å². The van der Waals surface area contributed by atoms with Crippen molar-refractivity contribution in [2.45, 2.75) is 19.3 Å². The lowest BCUT2D eigenvalue weighted by atomic mass is 9.93. The number of hydrogen-bond acceptors (Lipinski definition) is 1. The van der Waals surface area contributed by atoms with Crippen LogP contribution in [0.2, 0.25) is 0 Å². The first-order valence-electron chi connectivity index (χ1n) is 5.99. The Labute approximate surface area is 116 Å². The first-order valence-corrected chi connectivity index (χ1v) is 6.79. The van der Waals surface area contributed by atoms with Crippen molar-refractivity contribution in [3.8, 4) is 0 Å². The second-order valence-electron chi connectivity index (χ2n) is 4.37. The highest BCUT2D eigenvalue weighted by atomic mass is 79.9. The normalized spacial score (nSPS) is 12.1. The predicted octanol–water partition coefficient (Wildman–Crippen LogP) is 4.36. The molecule has 0 saturated heterocycles. The molecule has 18 heavy (non-hydrogen) atoms. The molecule has 0 N–H and O–H groups in total. The second kappa shape index (κ2) is 5.96. The molecule has 0 spiro atoms. The minimum atomic E-state index is -0.0571. The number of rotatable bonds is 4. The van der Waals surface area contributed by atoms with Crippen LogP contribution in [0.3, 0.4) is 0 Å². The summed E-state index contributed by atoms with van der Waals surface area (Å²) < 4.78 is 0.999. The highest BCUT2D eigenvalue weighted by Crippen LogP contribution is 2.21. The summed E-state index contributed by atoms with van der Waals surface area (Å²) in [4.78, 5) is 12.2. The van der Waals surface area contributed by atoms with E-state index < -0.39 is 0 Å². The van der Waals surface area contributed by atoms with Gasteiger partial charge in [0, 0.05) is 16.8 Å². The molecule has 0 radical (unpaired) electrons. The topological polar surface area (TPSA) is 17.1 Å². The summed E-state index contributed by atoms with van der Waals surface area (Å²) in [6, 6.07) is 17.8. The van der Waals surface area contributed by atoms with Crippen molar-refractivity contribution in [1.29, 1.82) is 0 Å². The summed E-state index contributed by atoms with van der Waals surface area (Å²) in [6.45, 7) is 1.97. The Hall–Kier alpha value is -1.41. The minimum absolute atomic E-state index is 0.0571. The van der Waals surface area contributed by atoms with E-state index in [1.807, 2.05) is 61.5 Å². The molecule has 1 atom stereocenters. The van der Waals surface area contributed by atoms with E-state index >= 15 is 0 Å². The third-order valence-electron chi connectivity index (χ3n) is 3.11. The van der Waals surface area contributed by atoms with E-state index in [1.54, 1.807) is 0 Å². The third kappa shape index (κ3) is 3.08. The zero-order chi connectivity index (χ0) is 13.0. The molecule has 0 fully saturated rings. The van der Waals surface area contributed by atoms with Crippen LogP contribution in [0, 0.1) is 0 Å². The van der Waals surface area contributed by atoms with Crippen LogP contribution in [-0.4, -0.2) is 5.78 Å². The fourth-order valence-electron chi connectivity index (χ4n) is 1.91. The van der Waals surface area contributed by atoms with Gasteiger partial charge in [-0.1, -0.05) is 71.4 Å². The van der Waals surface area contributed by atoms with Crippen LogP contribution in [0.15, 0.2) is 59.1 Å². The van der Waals surface area contributed by atoms with Crippen LogP contribution >= 0.6 is 15.9 Å². The molecular formula is C16H15BrO. The van der Waals surface area contributed by atoms with Gasteiger partial charge < -0.3 is 0 Å². The van der Waals surface area contributed by atoms with E-state index in [-0.39, 0.29) is 11.7 Å². The quantitative estimate of drug-likeness (QED) is 0.820. The van der Waals surface area contributed by atoms with Crippen LogP contribution in [0.4, 0.5) is 0 Å². The molecule has 2 aromatic carbocycles. The Morgan fingerprint density at radius 1 is 1.06 bits per heavy atom. The zero-order valence-electron chi connectivity index (χ0n) is 10.3. The Morgan fingerprint density at radius 2 is 1.67 bits per heavy atom. The van der Waals surface area contributed by atoms with Gasteiger partial charge in [0.05, 0.1) is 0 Å². The summed E-state index contributed by atoms with van der Waals surface area (Å²) in [5.74, 6) is 0.186. The standard InChI is InChI=1S/C16H15BrO/c1-12(13-7-3-2-4-8-13)16(18)11-14-9-5-6-10-15(14)17/h2-10,12H,11H2,1H3. The molecule has 0 heterocycles. The molecular weight excluding hydrogens is 288 g/mol. The summed E-state index contributed by atoms with van der Waals surface area (Å²) in [6.07, 6.45) is 0.470. The van der Waals surface area contributed by atoms with Gasteiger partial charge in [-0.3, -0.25) is 4.79 Å². The fraction of sp³-hybridized carbons (Fsp3) is 0.188. The van der Waals surface area contributed by atoms with Gasteiger partial charge in [0.25, 0.3) is 0 Å². The molecule has 0 bridgehead atoms. The number of Topliss-reactive ketones (excluding diaryl/α,β-unsaturated/α-hetero) is 1. The highest BCUT2D eigenvalue weighted by Gasteiger charge is 2.16. The van der Waals surface area contributed by atoms with Gasteiger partial charge in [-0.15, -0.1) is 0 Å². The number of hydrogen-bond donors (Lipinski definition) is 0. The molecule has 1 nitrogen and oxygen atoms in total. The van der Waals surface area contributed by atoms with E-state index in [0.29, 0.717) is 6.42 Å². The largest absolute Gasteiger partial charge is 0.299 e. The van der Waals surface area contributed by atoms with Crippen molar-refractivity contribution < 1.29 is 4.79 Å². The lowest BCUT2D eigenvalue weighted by Crippen LogP contribution is -2.12. The Kier molecular flexibility index (Phi) is 4.32. The van der Waals surface area contributed by atoms with Gasteiger partial charge in [0.1, 0.15) is 5.78 Å². The molecule has 0 amide bonds. The van der Waals surface area contributed by atoms with Crippen LogP contribution in [-0.2, 0) is 11.2 Å². The lowest BCUT2D eigenvalue weighted by molar-refractivity contribution is -0.119. The molecule has 92 valence electrons. The minimum Gasteiger partial charge on any atom is -0.299 e. The summed E-state index contributed by atoms with van der Waals surface area (Å²) in [5, 5.41) is 0. The van der Waals surface area contributed by atoms with Crippen molar-refractivity contribution in [2.24, 2.45) is 0 Å². The molecule has 2 heteroatoms. The zero-order valence-corrected chi connectivity index (χ0v) is 11.9. The molecule has 0 aliphatic carbocycles. The molecule has 2 rings (SSSR count). The third-order valence-corrected chi connectivity index (χ3v) is 3.88. The van der Waals surface area contributed by atoms with Crippen molar-refractivity contribution in [3.63, 3.8) is 0 Å². The number of carbonyl (C=O) groups excluding carboxylic acids is 1. The predicted molar refractivity (Wildman–Crippen MR) is 77.7 cm³/mol. The molecule has 0 aliphatic rings. The summed E-state index contributed by atoms with van der Waals surface area (Å²) in [5.41, 5.74) is 2.12. The van der Waals surface area contributed by atoms with E-state index in [4.69, 9.17) is 0 Å². The van der Waals surface area contributed by atoms with Crippen LogP contribution in [0.25, 0.3) is 0 Å². The number of carbonyl (C=O) groups is 1. The van der Waals surface area contributed by atoms with Gasteiger partial charge in [-0.2, -0.15) is 0 Å². The lowest BCUT2D eigenvalue weighted by Gasteiger charge is -2.11. The Morgan fingerprint density at radius 3 is 2.33 bits per heavy atom. The highest BCUT2D eigenvalue weighted by molar-refractivity contribution is 9.10. The van der Waals surface area contributed by atoms with Gasteiger partial charge in [0.15, 0.2) is 0 Å². The van der Waals surface area contributed by atoms with Crippen LogP contribution < -0.4 is 0 Å². The average molecular weight is 303 g/mol.